The van der Waals surface area contributed by atoms with E-state index < -0.39 is 5.82 Å². The fraction of sp³-hybridized carbons (Fsp3) is 0.350. The number of carbonyl (C=O) groups excluding carboxylic acids is 1. The van der Waals surface area contributed by atoms with Gasteiger partial charge in [0.05, 0.1) is 24.9 Å². The highest BCUT2D eigenvalue weighted by atomic mass is 19.1. The van der Waals surface area contributed by atoms with Crippen LogP contribution < -0.4 is 4.74 Å². The Balaban J connectivity index is 1.44. The molecule has 1 aliphatic rings. The van der Waals surface area contributed by atoms with Gasteiger partial charge in [-0.1, -0.05) is 5.16 Å². The number of aryl methyl sites for hydroxylation is 1. The first-order valence-electron chi connectivity index (χ1n) is 9.16. The molecule has 28 heavy (non-hydrogen) atoms. The van der Waals surface area contributed by atoms with Crippen LogP contribution in [0.2, 0.25) is 0 Å². The molecule has 1 aliphatic heterocycles. The van der Waals surface area contributed by atoms with Crippen molar-refractivity contribution >= 4 is 5.91 Å². The minimum Gasteiger partial charge on any atom is -0.497 e. The first-order chi connectivity index (χ1) is 13.5. The van der Waals surface area contributed by atoms with E-state index in [1.807, 2.05) is 24.0 Å². The quantitative estimate of drug-likeness (QED) is 0.689. The third kappa shape index (κ3) is 3.49. The van der Waals surface area contributed by atoms with E-state index in [9.17, 15) is 9.18 Å². The minimum absolute atomic E-state index is 0.179. The second kappa shape index (κ2) is 7.46. The Morgan fingerprint density at radius 3 is 2.71 bits per heavy atom. The zero-order chi connectivity index (χ0) is 19.7. The van der Waals surface area contributed by atoms with Gasteiger partial charge in [-0.25, -0.2) is 4.39 Å². The molecule has 3 heterocycles. The van der Waals surface area contributed by atoms with E-state index in [1.165, 1.54) is 19.2 Å². The molecular weight excluding hydrogens is 363 g/mol. The van der Waals surface area contributed by atoms with Crippen molar-refractivity contribution in [2.24, 2.45) is 0 Å². The van der Waals surface area contributed by atoms with Gasteiger partial charge in [-0.05, 0) is 37.5 Å². The van der Waals surface area contributed by atoms with Crippen LogP contribution >= 0.6 is 0 Å². The largest absolute Gasteiger partial charge is 0.497 e. The second-order valence-electron chi connectivity index (χ2n) is 6.94. The number of hydrogen-bond donors (Lipinski definition) is 0. The van der Waals surface area contributed by atoms with E-state index in [0.29, 0.717) is 24.9 Å². The molecule has 0 bridgehead atoms. The van der Waals surface area contributed by atoms with Gasteiger partial charge < -0.3 is 14.2 Å². The Bertz CT molecular complexity index is 989. The van der Waals surface area contributed by atoms with E-state index in [0.717, 1.165) is 18.4 Å². The van der Waals surface area contributed by atoms with Crippen LogP contribution in [0.25, 0.3) is 11.3 Å². The molecule has 1 aromatic carbocycles. The average Bonchev–Trinajstić information content (AvgIpc) is 3.37. The van der Waals surface area contributed by atoms with Crippen LogP contribution in [-0.4, -0.2) is 45.9 Å². The topological polar surface area (TPSA) is 73.4 Å². The highest BCUT2D eigenvalue weighted by molar-refractivity contribution is 5.93. The SMILES string of the molecule is COc1ccc(-c2cc(C(=O)N3CCC(n4cc(C)cn4)CC3)no2)c(F)c1. The van der Waals surface area contributed by atoms with Crippen molar-refractivity contribution < 1.29 is 18.4 Å². The highest BCUT2D eigenvalue weighted by Crippen LogP contribution is 2.28. The fourth-order valence-electron chi connectivity index (χ4n) is 3.45. The van der Waals surface area contributed by atoms with E-state index in [-0.39, 0.29) is 22.9 Å². The Kier molecular flexibility index (Phi) is 4.85. The lowest BCUT2D eigenvalue weighted by molar-refractivity contribution is 0.0679. The summed E-state index contributed by atoms with van der Waals surface area (Å²) < 4.78 is 26.4. The maximum Gasteiger partial charge on any atom is 0.276 e. The molecule has 8 heteroatoms. The third-order valence-corrected chi connectivity index (χ3v) is 5.03. The molecule has 7 nitrogen and oxygen atoms in total. The number of benzene rings is 1. The Morgan fingerprint density at radius 2 is 2.07 bits per heavy atom. The minimum atomic E-state index is -0.496. The van der Waals surface area contributed by atoms with E-state index in [1.54, 1.807) is 17.0 Å². The summed E-state index contributed by atoms with van der Waals surface area (Å²) in [6.45, 7) is 3.24. The van der Waals surface area contributed by atoms with Crippen molar-refractivity contribution in [1.82, 2.24) is 19.8 Å². The molecule has 0 saturated carbocycles. The molecule has 0 unspecified atom stereocenters. The predicted octanol–water partition coefficient (Wildman–Crippen LogP) is 3.47. The van der Waals surface area contributed by atoms with Crippen LogP contribution in [-0.2, 0) is 0 Å². The summed E-state index contributed by atoms with van der Waals surface area (Å²) in [5.41, 5.74) is 1.54. The summed E-state index contributed by atoms with van der Waals surface area (Å²) in [6.07, 6.45) is 5.51. The summed E-state index contributed by atoms with van der Waals surface area (Å²) in [7, 11) is 1.47. The van der Waals surface area contributed by atoms with E-state index >= 15 is 0 Å². The van der Waals surface area contributed by atoms with E-state index in [2.05, 4.69) is 10.3 Å². The summed E-state index contributed by atoms with van der Waals surface area (Å²) in [5, 5.41) is 8.22. The summed E-state index contributed by atoms with van der Waals surface area (Å²) >= 11 is 0. The van der Waals surface area contributed by atoms with Gasteiger partial charge in [-0.15, -0.1) is 0 Å². The molecule has 1 fully saturated rings. The van der Waals surface area contributed by atoms with Crippen LogP contribution in [0.5, 0.6) is 5.75 Å². The number of hydrogen-bond acceptors (Lipinski definition) is 5. The molecule has 0 spiro atoms. The van der Waals surface area contributed by atoms with Gasteiger partial charge in [0.15, 0.2) is 11.5 Å². The number of methoxy groups -OCH3 is 1. The van der Waals surface area contributed by atoms with Gasteiger partial charge in [0, 0.05) is 31.4 Å². The second-order valence-corrected chi connectivity index (χ2v) is 6.94. The number of rotatable bonds is 4. The van der Waals surface area contributed by atoms with Crippen molar-refractivity contribution in [1.29, 1.82) is 0 Å². The molecule has 1 amide bonds. The van der Waals surface area contributed by atoms with Crippen molar-refractivity contribution in [3.8, 4) is 17.1 Å². The summed E-state index contributed by atoms with van der Waals surface area (Å²) in [6, 6.07) is 6.21. The molecule has 1 saturated heterocycles. The Morgan fingerprint density at radius 1 is 1.29 bits per heavy atom. The molecule has 146 valence electrons. The first kappa shape index (κ1) is 18.2. The smallest absolute Gasteiger partial charge is 0.276 e. The number of nitrogens with zero attached hydrogens (tertiary/aromatic N) is 4. The lowest BCUT2D eigenvalue weighted by Gasteiger charge is -2.31. The van der Waals surface area contributed by atoms with Crippen LogP contribution in [0, 0.1) is 12.7 Å². The van der Waals surface area contributed by atoms with Gasteiger partial charge in [0.2, 0.25) is 0 Å². The molecule has 0 N–H and O–H groups in total. The average molecular weight is 384 g/mol. The molecule has 4 rings (SSSR count). The van der Waals surface area contributed by atoms with Crippen molar-refractivity contribution in [2.75, 3.05) is 20.2 Å². The van der Waals surface area contributed by atoms with Crippen molar-refractivity contribution in [3.63, 3.8) is 0 Å². The van der Waals surface area contributed by atoms with Gasteiger partial charge in [0.25, 0.3) is 5.91 Å². The van der Waals surface area contributed by atoms with E-state index in [4.69, 9.17) is 9.26 Å². The zero-order valence-electron chi connectivity index (χ0n) is 15.8. The van der Waals surface area contributed by atoms with Gasteiger partial charge >= 0.3 is 0 Å². The lowest BCUT2D eigenvalue weighted by Crippen LogP contribution is -2.39. The Hall–Kier alpha value is -3.16. The number of piperidine rings is 1. The van der Waals surface area contributed by atoms with Crippen LogP contribution in [0.15, 0.2) is 41.2 Å². The monoisotopic (exact) mass is 384 g/mol. The lowest BCUT2D eigenvalue weighted by atomic mass is 10.0. The van der Waals surface area contributed by atoms with Crippen LogP contribution in [0.4, 0.5) is 4.39 Å². The number of amides is 1. The maximum absolute atomic E-state index is 14.2. The number of carbonyl (C=O) groups is 1. The Labute approximate surface area is 161 Å². The number of likely N-dealkylation sites (tertiary alicyclic amines) is 1. The predicted molar refractivity (Wildman–Crippen MR) is 99.6 cm³/mol. The molecule has 0 atom stereocenters. The summed E-state index contributed by atoms with van der Waals surface area (Å²) in [5.74, 6) is -0.0819. The highest BCUT2D eigenvalue weighted by Gasteiger charge is 2.27. The zero-order valence-corrected chi connectivity index (χ0v) is 15.8. The molecular formula is C20H21FN4O3. The number of aromatic nitrogens is 3. The third-order valence-electron chi connectivity index (χ3n) is 5.03. The van der Waals surface area contributed by atoms with Crippen LogP contribution in [0.3, 0.4) is 0 Å². The standard InChI is InChI=1S/C20H21FN4O3/c1-13-11-22-25(12-13)14-5-7-24(8-6-14)20(26)18-10-19(28-23-18)16-4-3-15(27-2)9-17(16)21/h3-4,9-12,14H,5-8H2,1-2H3. The normalized spacial score (nSPS) is 15.0. The van der Waals surface area contributed by atoms with Crippen molar-refractivity contribution in [2.45, 2.75) is 25.8 Å². The maximum atomic E-state index is 14.2. The van der Waals surface area contributed by atoms with Crippen LogP contribution in [0.1, 0.15) is 34.9 Å². The van der Waals surface area contributed by atoms with Crippen molar-refractivity contribution in [3.05, 3.63) is 53.7 Å². The number of halogens is 1. The molecule has 0 radical (unpaired) electrons. The molecule has 3 aromatic rings. The van der Waals surface area contributed by atoms with Gasteiger partial charge in [-0.3, -0.25) is 9.48 Å². The summed E-state index contributed by atoms with van der Waals surface area (Å²) in [4.78, 5) is 14.5. The molecule has 0 aliphatic carbocycles. The van der Waals surface area contributed by atoms with Gasteiger partial charge in [-0.2, -0.15) is 5.10 Å². The fourth-order valence-corrected chi connectivity index (χ4v) is 3.45. The molecule has 2 aromatic heterocycles. The first-order valence-corrected chi connectivity index (χ1v) is 9.16. The number of ether oxygens (including phenoxy) is 1. The van der Waals surface area contributed by atoms with Gasteiger partial charge in [0.1, 0.15) is 11.6 Å².